The number of para-hydroxylation sites is 1. The van der Waals surface area contributed by atoms with Crippen LogP contribution in [-0.2, 0) is 25.5 Å². The lowest BCUT2D eigenvalue weighted by molar-refractivity contribution is -0.136. The van der Waals surface area contributed by atoms with Crippen molar-refractivity contribution in [1.29, 1.82) is 0 Å². The van der Waals surface area contributed by atoms with Gasteiger partial charge < -0.3 is 25.1 Å². The molecule has 8 nitrogen and oxygen atoms in total. The first-order valence-electron chi connectivity index (χ1n) is 10.8. The minimum atomic E-state index is -0.891. The van der Waals surface area contributed by atoms with Gasteiger partial charge in [-0.2, -0.15) is 0 Å². The molecule has 1 aromatic carbocycles. The SMILES string of the molecule is COC(=O)C1=C(NC(=O)[C@H](Cc2c[nH]c3ccccc23)NC(=O)OC(C)(C)C)CCCC1. The molecule has 3 N–H and O–H groups in total. The Balaban J connectivity index is 1.85. The molecule has 8 heteroatoms. The third-order valence-corrected chi connectivity index (χ3v) is 5.28. The molecule has 1 aliphatic rings. The van der Waals surface area contributed by atoms with E-state index in [1.807, 2.05) is 30.5 Å². The lowest BCUT2D eigenvalue weighted by Gasteiger charge is -2.25. The van der Waals surface area contributed by atoms with Crippen molar-refractivity contribution < 1.29 is 23.9 Å². The Hall–Kier alpha value is -3.29. The van der Waals surface area contributed by atoms with Gasteiger partial charge in [0.1, 0.15) is 11.6 Å². The minimum absolute atomic E-state index is 0.260. The molecular weight excluding hydrogens is 410 g/mol. The molecule has 1 aliphatic carbocycles. The molecule has 0 saturated heterocycles. The number of aromatic nitrogens is 1. The van der Waals surface area contributed by atoms with Crippen LogP contribution in [0.1, 0.15) is 52.0 Å². The van der Waals surface area contributed by atoms with Crippen molar-refractivity contribution in [3.05, 3.63) is 47.3 Å². The molecule has 32 heavy (non-hydrogen) atoms. The first kappa shape index (κ1) is 23.4. The number of fused-ring (bicyclic) bond motifs is 1. The summed E-state index contributed by atoms with van der Waals surface area (Å²) < 4.78 is 10.2. The highest BCUT2D eigenvalue weighted by Gasteiger charge is 2.28. The highest BCUT2D eigenvalue weighted by molar-refractivity contribution is 5.93. The Morgan fingerprint density at radius 2 is 1.84 bits per heavy atom. The van der Waals surface area contributed by atoms with E-state index >= 15 is 0 Å². The molecule has 1 aromatic heterocycles. The molecule has 1 atom stereocenters. The summed E-state index contributed by atoms with van der Waals surface area (Å²) in [6.07, 6.45) is 4.26. The largest absolute Gasteiger partial charge is 0.466 e. The molecule has 0 radical (unpaired) electrons. The summed E-state index contributed by atoms with van der Waals surface area (Å²) >= 11 is 0. The standard InChI is InChI=1S/C24H31N3O5/c1-24(2,3)32-23(30)27-20(13-15-14-25-18-11-7-5-9-16(15)18)21(28)26-19-12-8-6-10-17(19)22(29)31-4/h5,7,9,11,14,20,25H,6,8,10,12-13H2,1-4H3,(H,26,28)(H,27,30)/t20-/m0/s1. The number of H-pyrrole nitrogens is 1. The van der Waals surface area contributed by atoms with E-state index in [0.29, 0.717) is 24.1 Å². The van der Waals surface area contributed by atoms with E-state index in [4.69, 9.17) is 9.47 Å². The van der Waals surface area contributed by atoms with Gasteiger partial charge >= 0.3 is 12.1 Å². The molecule has 0 fully saturated rings. The van der Waals surface area contributed by atoms with Crippen LogP contribution in [0, 0.1) is 0 Å². The second-order valence-electron chi connectivity index (χ2n) is 8.91. The number of methoxy groups -OCH3 is 1. The van der Waals surface area contributed by atoms with E-state index in [0.717, 1.165) is 29.3 Å². The number of allylic oxidation sites excluding steroid dienone is 1. The normalized spacial score (nSPS) is 15.2. The highest BCUT2D eigenvalue weighted by atomic mass is 16.6. The molecule has 0 aliphatic heterocycles. The number of carbonyl (C=O) groups is 3. The molecule has 0 bridgehead atoms. The van der Waals surface area contributed by atoms with Crippen LogP contribution in [0.15, 0.2) is 41.7 Å². The van der Waals surface area contributed by atoms with E-state index < -0.39 is 29.6 Å². The molecule has 2 aromatic rings. The van der Waals surface area contributed by atoms with Gasteiger partial charge in [0, 0.05) is 29.2 Å². The van der Waals surface area contributed by atoms with Crippen LogP contribution in [0.3, 0.4) is 0 Å². The predicted molar refractivity (Wildman–Crippen MR) is 121 cm³/mol. The number of benzene rings is 1. The fraction of sp³-hybridized carbons (Fsp3) is 0.458. The summed E-state index contributed by atoms with van der Waals surface area (Å²) in [5.41, 5.74) is 2.18. The Bertz CT molecular complexity index is 1030. The maximum absolute atomic E-state index is 13.3. The Kier molecular flexibility index (Phi) is 7.22. The predicted octanol–water partition coefficient (Wildman–Crippen LogP) is 3.72. The van der Waals surface area contributed by atoms with Crippen molar-refractivity contribution in [2.24, 2.45) is 0 Å². The molecule has 0 spiro atoms. The van der Waals surface area contributed by atoms with Gasteiger partial charge in [0.05, 0.1) is 12.7 Å². The van der Waals surface area contributed by atoms with Crippen LogP contribution in [0.5, 0.6) is 0 Å². The topological polar surface area (TPSA) is 110 Å². The number of nitrogens with one attached hydrogen (secondary N) is 3. The summed E-state index contributed by atoms with van der Waals surface area (Å²) in [7, 11) is 1.33. The number of carbonyl (C=O) groups excluding carboxylic acids is 3. The summed E-state index contributed by atoms with van der Waals surface area (Å²) in [5, 5.41) is 6.55. The number of alkyl carbamates (subject to hydrolysis) is 1. The molecule has 1 heterocycles. The van der Waals surface area contributed by atoms with Gasteiger partial charge in [0.15, 0.2) is 0 Å². The van der Waals surface area contributed by atoms with E-state index in [1.54, 1.807) is 20.8 Å². The summed E-state index contributed by atoms with van der Waals surface area (Å²) in [6.45, 7) is 5.28. The highest BCUT2D eigenvalue weighted by Crippen LogP contribution is 2.25. The first-order valence-corrected chi connectivity index (χ1v) is 10.8. The zero-order valence-electron chi connectivity index (χ0n) is 19.0. The van der Waals surface area contributed by atoms with Crippen molar-refractivity contribution >= 4 is 28.9 Å². The number of amides is 2. The van der Waals surface area contributed by atoms with E-state index in [1.165, 1.54) is 7.11 Å². The lowest BCUT2D eigenvalue weighted by atomic mass is 9.95. The number of hydrogen-bond donors (Lipinski definition) is 3. The second kappa shape index (κ2) is 9.89. The smallest absolute Gasteiger partial charge is 0.408 e. The third-order valence-electron chi connectivity index (χ3n) is 5.28. The maximum Gasteiger partial charge on any atom is 0.408 e. The zero-order chi connectivity index (χ0) is 23.3. The van der Waals surface area contributed by atoms with E-state index in [9.17, 15) is 14.4 Å². The Labute approximate surface area is 187 Å². The van der Waals surface area contributed by atoms with Gasteiger partial charge in [0.25, 0.3) is 0 Å². The number of aromatic amines is 1. The van der Waals surface area contributed by atoms with Crippen LogP contribution < -0.4 is 10.6 Å². The molecule has 0 unspecified atom stereocenters. The van der Waals surface area contributed by atoms with Crippen molar-refractivity contribution in [2.45, 2.75) is 64.5 Å². The van der Waals surface area contributed by atoms with Gasteiger partial charge in [-0.15, -0.1) is 0 Å². The second-order valence-corrected chi connectivity index (χ2v) is 8.91. The minimum Gasteiger partial charge on any atom is -0.466 e. The molecule has 0 saturated carbocycles. The van der Waals surface area contributed by atoms with Crippen LogP contribution in [-0.4, -0.2) is 41.7 Å². The van der Waals surface area contributed by atoms with Crippen molar-refractivity contribution in [1.82, 2.24) is 15.6 Å². The van der Waals surface area contributed by atoms with E-state index in [-0.39, 0.29) is 6.42 Å². The summed E-state index contributed by atoms with van der Waals surface area (Å²) in [4.78, 5) is 41.1. The van der Waals surface area contributed by atoms with Gasteiger partial charge in [-0.05, 0) is 58.1 Å². The maximum atomic E-state index is 13.3. The summed E-state index contributed by atoms with van der Waals surface area (Å²) in [5.74, 6) is -0.840. The van der Waals surface area contributed by atoms with Crippen LogP contribution in [0.4, 0.5) is 4.79 Å². The van der Waals surface area contributed by atoms with Crippen molar-refractivity contribution in [2.75, 3.05) is 7.11 Å². The first-order chi connectivity index (χ1) is 15.2. The Morgan fingerprint density at radius 3 is 2.56 bits per heavy atom. The average molecular weight is 442 g/mol. The molecule has 3 rings (SSSR count). The summed E-state index contributed by atoms with van der Waals surface area (Å²) in [6, 6.07) is 6.87. The molecular formula is C24H31N3O5. The molecule has 172 valence electrons. The lowest BCUT2D eigenvalue weighted by Crippen LogP contribution is -2.49. The fourth-order valence-electron chi connectivity index (χ4n) is 3.81. The Morgan fingerprint density at radius 1 is 1.12 bits per heavy atom. The number of hydrogen-bond acceptors (Lipinski definition) is 5. The van der Waals surface area contributed by atoms with E-state index in [2.05, 4.69) is 15.6 Å². The van der Waals surface area contributed by atoms with Crippen molar-refractivity contribution in [3.63, 3.8) is 0 Å². The number of esters is 1. The van der Waals surface area contributed by atoms with Gasteiger partial charge in [-0.1, -0.05) is 18.2 Å². The van der Waals surface area contributed by atoms with Gasteiger partial charge in [0.2, 0.25) is 5.91 Å². The third kappa shape index (κ3) is 5.90. The zero-order valence-corrected chi connectivity index (χ0v) is 19.0. The fourth-order valence-corrected chi connectivity index (χ4v) is 3.81. The van der Waals surface area contributed by atoms with Gasteiger partial charge in [-0.25, -0.2) is 9.59 Å². The van der Waals surface area contributed by atoms with Crippen molar-refractivity contribution in [3.8, 4) is 0 Å². The average Bonchev–Trinajstić information content (AvgIpc) is 3.14. The van der Waals surface area contributed by atoms with Crippen LogP contribution >= 0.6 is 0 Å². The van der Waals surface area contributed by atoms with Crippen LogP contribution in [0.25, 0.3) is 10.9 Å². The monoisotopic (exact) mass is 441 g/mol. The number of ether oxygens (including phenoxy) is 2. The number of rotatable bonds is 6. The van der Waals surface area contributed by atoms with Gasteiger partial charge in [-0.3, -0.25) is 4.79 Å². The quantitative estimate of drug-likeness (QED) is 0.592. The molecule has 2 amide bonds. The van der Waals surface area contributed by atoms with Crippen LogP contribution in [0.2, 0.25) is 0 Å².